The van der Waals surface area contributed by atoms with Crippen molar-refractivity contribution in [3.8, 4) is 22.3 Å². The van der Waals surface area contributed by atoms with Crippen molar-refractivity contribution < 1.29 is 4.42 Å². The van der Waals surface area contributed by atoms with Crippen LogP contribution in [0.3, 0.4) is 0 Å². The molecule has 0 atom stereocenters. The number of rotatable bonds is 5. The fraction of sp³-hybridized carbons (Fsp3) is 0. The maximum Gasteiger partial charge on any atom is 0.143 e. The van der Waals surface area contributed by atoms with Gasteiger partial charge in [0.1, 0.15) is 11.2 Å². The lowest BCUT2D eigenvalue weighted by atomic mass is 9.96. The van der Waals surface area contributed by atoms with Crippen LogP contribution < -0.4 is 4.90 Å². The van der Waals surface area contributed by atoms with E-state index >= 15 is 0 Å². The minimum atomic E-state index is 0.920. The maximum absolute atomic E-state index is 6.41. The normalized spacial score (nSPS) is 11.8. The zero-order valence-electron chi connectivity index (χ0n) is 28.7. The van der Waals surface area contributed by atoms with Gasteiger partial charge in [-0.1, -0.05) is 133 Å². The van der Waals surface area contributed by atoms with Crippen molar-refractivity contribution in [1.82, 2.24) is 0 Å². The molecule has 9 aromatic carbocycles. The smallest absolute Gasteiger partial charge is 0.143 e. The monoisotopic (exact) mass is 693 g/mol. The van der Waals surface area contributed by atoms with Crippen LogP contribution in [-0.2, 0) is 0 Å². The molecule has 0 N–H and O–H groups in total. The third-order valence-electron chi connectivity index (χ3n) is 10.7. The van der Waals surface area contributed by atoms with E-state index in [0.29, 0.717) is 0 Å². The van der Waals surface area contributed by atoms with Gasteiger partial charge in [0.15, 0.2) is 0 Å². The first-order chi connectivity index (χ1) is 26.3. The van der Waals surface area contributed by atoms with Crippen molar-refractivity contribution in [2.75, 3.05) is 4.90 Å². The van der Waals surface area contributed by atoms with Crippen LogP contribution in [0, 0.1) is 0 Å². The Hall–Kier alpha value is -6.68. The van der Waals surface area contributed by atoms with Gasteiger partial charge in [-0.05, 0) is 93.0 Å². The molecule has 248 valence electrons. The highest BCUT2D eigenvalue weighted by Crippen LogP contribution is 2.43. The fourth-order valence-electron chi connectivity index (χ4n) is 8.15. The van der Waals surface area contributed by atoms with Gasteiger partial charge in [0.2, 0.25) is 0 Å². The molecule has 2 nitrogen and oxygen atoms in total. The van der Waals surface area contributed by atoms with Crippen LogP contribution in [-0.4, -0.2) is 0 Å². The summed E-state index contributed by atoms with van der Waals surface area (Å²) < 4.78 is 9.00. The van der Waals surface area contributed by atoms with Crippen LogP contribution >= 0.6 is 11.3 Å². The van der Waals surface area contributed by atoms with E-state index in [2.05, 4.69) is 181 Å². The van der Waals surface area contributed by atoms with Gasteiger partial charge in [-0.3, -0.25) is 0 Å². The Morgan fingerprint density at radius 2 is 0.887 bits per heavy atom. The second kappa shape index (κ2) is 11.9. The maximum atomic E-state index is 6.41. The van der Waals surface area contributed by atoms with Crippen molar-refractivity contribution in [2.45, 2.75) is 0 Å². The SMILES string of the molecule is c1ccc2c(-c3ccc(N(c4ccc(-c5cccc6c5ccc5c7ccccc7oc65)cc4)c4ccc5c(c4)sc4ccccc45)cc3)cccc2c1. The molecule has 0 unspecified atom stereocenters. The van der Waals surface area contributed by atoms with E-state index in [1.807, 2.05) is 23.5 Å². The molecule has 2 heterocycles. The Kier molecular flexibility index (Phi) is 6.76. The number of nitrogens with zero attached hydrogens (tertiary/aromatic N) is 1. The lowest BCUT2D eigenvalue weighted by molar-refractivity contribution is 0.672. The average Bonchev–Trinajstić information content (AvgIpc) is 3.80. The highest BCUT2D eigenvalue weighted by atomic mass is 32.1. The zero-order chi connectivity index (χ0) is 34.9. The molecule has 3 heteroatoms. The molecule has 11 rings (SSSR count). The summed E-state index contributed by atoms with van der Waals surface area (Å²) in [5, 5.41) is 9.74. The molecule has 53 heavy (non-hydrogen) atoms. The topological polar surface area (TPSA) is 16.4 Å². The zero-order valence-corrected chi connectivity index (χ0v) is 29.5. The first kappa shape index (κ1) is 30.0. The summed E-state index contributed by atoms with van der Waals surface area (Å²) >= 11 is 1.85. The molecule has 0 aliphatic heterocycles. The molecular formula is C50H31NOS. The first-order valence-corrected chi connectivity index (χ1v) is 18.8. The summed E-state index contributed by atoms with van der Waals surface area (Å²) in [7, 11) is 0. The summed E-state index contributed by atoms with van der Waals surface area (Å²) in [6, 6.07) is 68.0. The summed E-state index contributed by atoms with van der Waals surface area (Å²) in [4.78, 5) is 2.38. The van der Waals surface area contributed by atoms with Gasteiger partial charge in [0.05, 0.1) is 0 Å². The van der Waals surface area contributed by atoms with Gasteiger partial charge >= 0.3 is 0 Å². The highest BCUT2D eigenvalue weighted by molar-refractivity contribution is 7.25. The predicted octanol–water partition coefficient (Wildman–Crippen LogP) is 15.1. The van der Waals surface area contributed by atoms with Crippen LogP contribution in [0.25, 0.3) is 85.9 Å². The van der Waals surface area contributed by atoms with Crippen molar-refractivity contribution >= 4 is 92.1 Å². The molecule has 0 saturated carbocycles. The van der Waals surface area contributed by atoms with E-state index in [1.54, 1.807) is 0 Å². The quantitative estimate of drug-likeness (QED) is 0.178. The third-order valence-corrected chi connectivity index (χ3v) is 11.8. The molecule has 11 aromatic rings. The van der Waals surface area contributed by atoms with Crippen molar-refractivity contribution in [2.24, 2.45) is 0 Å². The van der Waals surface area contributed by atoms with Gasteiger partial charge in [0.25, 0.3) is 0 Å². The van der Waals surface area contributed by atoms with Crippen molar-refractivity contribution in [3.05, 3.63) is 188 Å². The minimum absolute atomic E-state index is 0.920. The Morgan fingerprint density at radius 1 is 0.358 bits per heavy atom. The third kappa shape index (κ3) is 4.86. The predicted molar refractivity (Wildman–Crippen MR) is 227 cm³/mol. The molecule has 0 saturated heterocycles. The second-order valence-electron chi connectivity index (χ2n) is 13.7. The molecule has 0 aliphatic carbocycles. The van der Waals surface area contributed by atoms with E-state index in [1.165, 1.54) is 58.6 Å². The average molecular weight is 694 g/mol. The number of hydrogen-bond donors (Lipinski definition) is 0. The van der Waals surface area contributed by atoms with Crippen LogP contribution in [0.1, 0.15) is 0 Å². The summed E-state index contributed by atoms with van der Waals surface area (Å²) in [5.41, 5.74) is 10.0. The standard InChI is InChI=1S/C50H31NOS/c1-2-11-38-32(9-1)10-7-14-39(38)33-19-23-35(24-20-33)51(37-27-28-44-43-13-4-6-18-48(43)53-49(44)31-37)36-25-21-34(22-26-36)40-15-8-16-45-41(40)29-30-46-42-12-3-5-17-47(42)52-50(45)46/h1-31H. The fourth-order valence-corrected chi connectivity index (χ4v) is 9.29. The lowest BCUT2D eigenvalue weighted by Gasteiger charge is -2.26. The Labute approximate surface area is 310 Å². The lowest BCUT2D eigenvalue weighted by Crippen LogP contribution is -2.09. The number of furan rings is 1. The van der Waals surface area contributed by atoms with Crippen LogP contribution in [0.4, 0.5) is 17.1 Å². The highest BCUT2D eigenvalue weighted by Gasteiger charge is 2.17. The minimum Gasteiger partial charge on any atom is -0.455 e. The van der Waals surface area contributed by atoms with E-state index in [-0.39, 0.29) is 0 Å². The molecule has 2 aromatic heterocycles. The number of para-hydroxylation sites is 1. The molecule has 0 aliphatic rings. The summed E-state index contributed by atoms with van der Waals surface area (Å²) in [5.74, 6) is 0. The van der Waals surface area contributed by atoms with Gasteiger partial charge in [-0.15, -0.1) is 11.3 Å². The number of fused-ring (bicyclic) bond motifs is 9. The molecule has 0 spiro atoms. The van der Waals surface area contributed by atoms with Crippen molar-refractivity contribution in [3.63, 3.8) is 0 Å². The summed E-state index contributed by atoms with van der Waals surface area (Å²) in [6.07, 6.45) is 0. The first-order valence-electron chi connectivity index (χ1n) is 18.0. The van der Waals surface area contributed by atoms with Gasteiger partial charge < -0.3 is 9.32 Å². The van der Waals surface area contributed by atoms with Crippen LogP contribution in [0.15, 0.2) is 192 Å². The number of anilines is 3. The van der Waals surface area contributed by atoms with Crippen LogP contribution in [0.2, 0.25) is 0 Å². The Bertz CT molecular complexity index is 3160. The summed E-state index contributed by atoms with van der Waals surface area (Å²) in [6.45, 7) is 0. The van der Waals surface area contributed by atoms with E-state index in [9.17, 15) is 0 Å². The molecule has 0 bridgehead atoms. The van der Waals surface area contributed by atoms with Crippen LogP contribution in [0.5, 0.6) is 0 Å². The molecular weight excluding hydrogens is 663 g/mol. The van der Waals surface area contributed by atoms with E-state index in [4.69, 9.17) is 4.42 Å². The number of thiophene rings is 1. The van der Waals surface area contributed by atoms with Gasteiger partial charge in [0, 0.05) is 53.4 Å². The molecule has 0 fully saturated rings. The number of benzene rings is 9. The van der Waals surface area contributed by atoms with Crippen molar-refractivity contribution in [1.29, 1.82) is 0 Å². The largest absolute Gasteiger partial charge is 0.455 e. The van der Waals surface area contributed by atoms with Gasteiger partial charge in [-0.25, -0.2) is 0 Å². The molecule has 0 radical (unpaired) electrons. The van der Waals surface area contributed by atoms with E-state index in [0.717, 1.165) is 44.4 Å². The van der Waals surface area contributed by atoms with Gasteiger partial charge in [-0.2, -0.15) is 0 Å². The second-order valence-corrected chi connectivity index (χ2v) is 14.8. The Balaban J connectivity index is 1.03. The Morgan fingerprint density at radius 3 is 1.68 bits per heavy atom. The number of hydrogen-bond acceptors (Lipinski definition) is 3. The van der Waals surface area contributed by atoms with E-state index < -0.39 is 0 Å². The molecule has 0 amide bonds.